The van der Waals surface area contributed by atoms with Gasteiger partial charge < -0.3 is 24.3 Å². The Kier molecular flexibility index (Phi) is 8.90. The summed E-state index contributed by atoms with van der Waals surface area (Å²) >= 11 is 0. The second-order valence-electron chi connectivity index (χ2n) is 9.41. The van der Waals surface area contributed by atoms with Crippen LogP contribution in [0.2, 0.25) is 0 Å². The van der Waals surface area contributed by atoms with Crippen LogP contribution in [-0.4, -0.2) is 47.5 Å². The van der Waals surface area contributed by atoms with Crippen molar-refractivity contribution in [3.8, 4) is 0 Å². The van der Waals surface area contributed by atoms with E-state index < -0.39 is 29.5 Å². The lowest BCUT2D eigenvalue weighted by Gasteiger charge is -2.29. The van der Waals surface area contributed by atoms with E-state index in [2.05, 4.69) is 5.32 Å². The van der Waals surface area contributed by atoms with Gasteiger partial charge in [-0.25, -0.2) is 9.18 Å². The highest BCUT2D eigenvalue weighted by Gasteiger charge is 2.30. The number of rotatable bonds is 9. The van der Waals surface area contributed by atoms with Crippen molar-refractivity contribution in [3.05, 3.63) is 89.1 Å². The van der Waals surface area contributed by atoms with E-state index in [-0.39, 0.29) is 38.0 Å². The van der Waals surface area contributed by atoms with Crippen LogP contribution in [0.25, 0.3) is 0 Å². The lowest BCUT2D eigenvalue weighted by molar-refractivity contribution is -0.137. The molecule has 3 aromatic rings. The summed E-state index contributed by atoms with van der Waals surface area (Å²) < 4.78 is 63.5. The summed E-state index contributed by atoms with van der Waals surface area (Å²) in [4.78, 5) is 29.5. The van der Waals surface area contributed by atoms with Crippen molar-refractivity contribution in [1.29, 1.82) is 0 Å². The standard InChI is InChI=1S/C28H29F4N3O4/c1-19-4-13-25(39-19)17-34(15-20-5-9-22(29)10-6-20)26(36)18-35(16-24-3-2-14-38-24)27(37)33-23-11-7-21(8-12-23)28(30,31)32/h4-13,24H,2-3,14-18H2,1H3,(H,33,37). The normalized spacial score (nSPS) is 15.3. The maximum Gasteiger partial charge on any atom is 0.416 e. The number of alkyl halides is 3. The third-order valence-corrected chi connectivity index (χ3v) is 6.31. The number of ether oxygens (including phenoxy) is 1. The quantitative estimate of drug-likeness (QED) is 0.334. The zero-order valence-electron chi connectivity index (χ0n) is 21.3. The van der Waals surface area contributed by atoms with E-state index in [0.717, 1.165) is 30.7 Å². The summed E-state index contributed by atoms with van der Waals surface area (Å²) in [5.41, 5.74) is 0.0106. The molecule has 3 amide bonds. The van der Waals surface area contributed by atoms with Crippen molar-refractivity contribution in [2.24, 2.45) is 0 Å². The summed E-state index contributed by atoms with van der Waals surface area (Å²) in [5.74, 6) is 0.424. The Morgan fingerprint density at radius 2 is 1.69 bits per heavy atom. The van der Waals surface area contributed by atoms with Crippen molar-refractivity contribution >= 4 is 17.6 Å². The molecule has 39 heavy (non-hydrogen) atoms. The molecule has 1 N–H and O–H groups in total. The van der Waals surface area contributed by atoms with Crippen molar-refractivity contribution < 1.29 is 36.3 Å². The molecule has 1 aliphatic rings. The fraction of sp³-hybridized carbons (Fsp3) is 0.357. The summed E-state index contributed by atoms with van der Waals surface area (Å²) in [7, 11) is 0. The smallest absolute Gasteiger partial charge is 0.416 e. The molecule has 1 unspecified atom stereocenters. The number of aryl methyl sites for hydroxylation is 1. The molecule has 2 heterocycles. The van der Waals surface area contributed by atoms with Gasteiger partial charge in [-0.15, -0.1) is 0 Å². The third kappa shape index (κ3) is 8.06. The van der Waals surface area contributed by atoms with Gasteiger partial charge >= 0.3 is 12.2 Å². The highest BCUT2D eigenvalue weighted by atomic mass is 19.4. The number of nitrogens with zero attached hydrogens (tertiary/aromatic N) is 2. The first kappa shape index (κ1) is 28.2. The van der Waals surface area contributed by atoms with Crippen LogP contribution in [0.15, 0.2) is 65.1 Å². The Hall–Kier alpha value is -3.86. The van der Waals surface area contributed by atoms with Gasteiger partial charge in [-0.1, -0.05) is 12.1 Å². The molecule has 208 valence electrons. The number of carbonyl (C=O) groups is 2. The number of anilines is 1. The van der Waals surface area contributed by atoms with Crippen LogP contribution in [0.4, 0.5) is 28.0 Å². The molecule has 0 saturated carbocycles. The molecular formula is C28H29F4N3O4. The van der Waals surface area contributed by atoms with E-state index in [1.165, 1.54) is 21.9 Å². The zero-order chi connectivity index (χ0) is 28.0. The summed E-state index contributed by atoms with van der Waals surface area (Å²) in [6, 6.07) is 12.7. The zero-order valence-corrected chi connectivity index (χ0v) is 21.3. The van der Waals surface area contributed by atoms with Crippen molar-refractivity contribution in [2.75, 3.05) is 25.0 Å². The first-order valence-corrected chi connectivity index (χ1v) is 12.5. The Morgan fingerprint density at radius 1 is 0.974 bits per heavy atom. The maximum absolute atomic E-state index is 13.5. The summed E-state index contributed by atoms with van der Waals surface area (Å²) in [5, 5.41) is 2.58. The Bertz CT molecular complexity index is 1250. The van der Waals surface area contributed by atoms with Gasteiger partial charge in [-0.2, -0.15) is 13.2 Å². The predicted molar refractivity (Wildman–Crippen MR) is 135 cm³/mol. The second-order valence-corrected chi connectivity index (χ2v) is 9.41. The fourth-order valence-electron chi connectivity index (χ4n) is 4.26. The van der Waals surface area contributed by atoms with Crippen molar-refractivity contribution in [1.82, 2.24) is 9.80 Å². The number of halogens is 4. The van der Waals surface area contributed by atoms with E-state index in [4.69, 9.17) is 9.15 Å². The monoisotopic (exact) mass is 547 g/mol. The summed E-state index contributed by atoms with van der Waals surface area (Å²) in [6.07, 6.45) is -3.24. The van der Waals surface area contributed by atoms with Crippen LogP contribution in [0, 0.1) is 12.7 Å². The molecule has 4 rings (SSSR count). The first-order chi connectivity index (χ1) is 18.6. The molecule has 2 aromatic carbocycles. The van der Waals surface area contributed by atoms with Crippen LogP contribution in [-0.2, 0) is 28.8 Å². The molecule has 0 aliphatic carbocycles. The van der Waals surface area contributed by atoms with Crippen molar-refractivity contribution in [3.63, 3.8) is 0 Å². The fourth-order valence-corrected chi connectivity index (χ4v) is 4.26. The van der Waals surface area contributed by atoms with Crippen LogP contribution >= 0.6 is 0 Å². The predicted octanol–water partition coefficient (Wildman–Crippen LogP) is 5.99. The molecule has 1 aliphatic heterocycles. The maximum atomic E-state index is 13.5. The SMILES string of the molecule is Cc1ccc(CN(Cc2ccc(F)cc2)C(=O)CN(CC2CCCO2)C(=O)Nc2ccc(C(F)(F)F)cc2)o1. The number of urea groups is 1. The summed E-state index contributed by atoms with van der Waals surface area (Å²) in [6.45, 7) is 2.41. The second kappa shape index (κ2) is 12.3. The minimum atomic E-state index is -4.50. The van der Waals surface area contributed by atoms with Gasteiger partial charge in [0.1, 0.15) is 23.9 Å². The van der Waals surface area contributed by atoms with Crippen LogP contribution in [0.1, 0.15) is 35.5 Å². The third-order valence-electron chi connectivity index (χ3n) is 6.31. The largest absolute Gasteiger partial charge is 0.464 e. The Balaban J connectivity index is 1.51. The highest BCUT2D eigenvalue weighted by Crippen LogP contribution is 2.30. The lowest BCUT2D eigenvalue weighted by Crippen LogP contribution is -2.46. The lowest BCUT2D eigenvalue weighted by atomic mass is 10.2. The van der Waals surface area contributed by atoms with Crippen LogP contribution in [0.5, 0.6) is 0 Å². The molecule has 1 saturated heterocycles. The van der Waals surface area contributed by atoms with E-state index >= 15 is 0 Å². The van der Waals surface area contributed by atoms with E-state index in [1.807, 2.05) is 0 Å². The van der Waals surface area contributed by atoms with Gasteiger partial charge in [0.15, 0.2) is 0 Å². The van der Waals surface area contributed by atoms with Gasteiger partial charge in [0.2, 0.25) is 5.91 Å². The minimum Gasteiger partial charge on any atom is -0.464 e. The van der Waals surface area contributed by atoms with Crippen LogP contribution < -0.4 is 5.32 Å². The van der Waals surface area contributed by atoms with E-state index in [1.54, 1.807) is 31.2 Å². The number of carbonyl (C=O) groups excluding carboxylic acids is 2. The molecule has 0 radical (unpaired) electrons. The molecular weight excluding hydrogens is 518 g/mol. The number of nitrogens with one attached hydrogen (secondary N) is 1. The van der Waals surface area contributed by atoms with Crippen LogP contribution in [0.3, 0.4) is 0 Å². The average molecular weight is 548 g/mol. The van der Waals surface area contributed by atoms with E-state index in [0.29, 0.717) is 30.1 Å². The van der Waals surface area contributed by atoms with Gasteiger partial charge in [0.05, 0.1) is 18.2 Å². The molecule has 7 nitrogen and oxygen atoms in total. The van der Waals surface area contributed by atoms with Gasteiger partial charge in [0.25, 0.3) is 0 Å². The number of hydrogen-bond acceptors (Lipinski definition) is 4. The number of hydrogen-bond donors (Lipinski definition) is 1. The average Bonchev–Trinajstić information content (AvgIpc) is 3.55. The molecule has 1 fully saturated rings. The molecule has 0 bridgehead atoms. The number of benzene rings is 2. The molecule has 1 atom stereocenters. The molecule has 0 spiro atoms. The minimum absolute atomic E-state index is 0.123. The van der Waals surface area contributed by atoms with Gasteiger partial charge in [-0.3, -0.25) is 4.79 Å². The molecule has 11 heteroatoms. The molecule has 1 aromatic heterocycles. The first-order valence-electron chi connectivity index (χ1n) is 12.5. The van der Waals surface area contributed by atoms with Crippen molar-refractivity contribution in [2.45, 2.75) is 45.1 Å². The highest BCUT2D eigenvalue weighted by molar-refractivity contribution is 5.92. The topological polar surface area (TPSA) is 75.0 Å². The Labute approximate surface area is 223 Å². The van der Waals surface area contributed by atoms with E-state index in [9.17, 15) is 27.2 Å². The van der Waals surface area contributed by atoms with Gasteiger partial charge in [0, 0.05) is 25.4 Å². The van der Waals surface area contributed by atoms with Gasteiger partial charge in [-0.05, 0) is 73.9 Å². The number of furan rings is 1. The Morgan fingerprint density at radius 3 is 2.28 bits per heavy atom. The number of amides is 3.